The molecule has 0 amide bonds. The lowest BCUT2D eigenvalue weighted by molar-refractivity contribution is 0.0320. The first-order valence-corrected chi connectivity index (χ1v) is 8.15. The fourth-order valence-electron chi connectivity index (χ4n) is 1.51. The maximum atomic E-state index is 12.1. The van der Waals surface area contributed by atoms with Gasteiger partial charge in [0.25, 0.3) is 0 Å². The third-order valence-corrected chi connectivity index (χ3v) is 4.27. The number of methoxy groups -OCH3 is 2. The molecule has 1 aromatic heterocycles. The van der Waals surface area contributed by atoms with Gasteiger partial charge < -0.3 is 9.47 Å². The zero-order chi connectivity index (χ0) is 15.0. The van der Waals surface area contributed by atoms with E-state index in [2.05, 4.69) is 9.82 Å². The molecule has 20 heavy (non-hydrogen) atoms. The Bertz CT molecular complexity index is 492. The minimum atomic E-state index is -3.59. The third-order valence-electron chi connectivity index (χ3n) is 2.63. The van der Waals surface area contributed by atoms with Crippen molar-refractivity contribution < 1.29 is 17.9 Å². The predicted molar refractivity (Wildman–Crippen MR) is 75.4 cm³/mol. The Morgan fingerprint density at radius 2 is 2.25 bits per heavy atom. The van der Waals surface area contributed by atoms with Crippen molar-refractivity contribution in [1.82, 2.24) is 14.5 Å². The second-order valence-electron chi connectivity index (χ2n) is 4.15. The van der Waals surface area contributed by atoms with Crippen molar-refractivity contribution >= 4 is 21.6 Å². The van der Waals surface area contributed by atoms with Gasteiger partial charge in [-0.2, -0.15) is 5.10 Å². The molecule has 1 N–H and O–H groups in total. The Hall–Kier alpha value is -0.670. The molecule has 0 radical (unpaired) electrons. The average Bonchev–Trinajstić information content (AvgIpc) is 2.90. The molecule has 0 aliphatic heterocycles. The Morgan fingerprint density at radius 1 is 1.50 bits per heavy atom. The highest BCUT2D eigenvalue weighted by Crippen LogP contribution is 2.07. The first kappa shape index (κ1) is 17.4. The smallest absolute Gasteiger partial charge is 0.243 e. The van der Waals surface area contributed by atoms with Crippen molar-refractivity contribution in [2.45, 2.75) is 24.0 Å². The summed E-state index contributed by atoms with van der Waals surface area (Å²) in [6.07, 6.45) is 3.19. The molecule has 1 unspecified atom stereocenters. The highest BCUT2D eigenvalue weighted by molar-refractivity contribution is 7.89. The third kappa shape index (κ3) is 5.37. The Balaban J connectivity index is 2.61. The maximum Gasteiger partial charge on any atom is 0.243 e. The molecule has 116 valence electrons. The molecular weight excluding hydrogens is 306 g/mol. The zero-order valence-electron chi connectivity index (χ0n) is 11.6. The van der Waals surface area contributed by atoms with E-state index in [1.165, 1.54) is 26.6 Å². The number of ether oxygens (including phenoxy) is 2. The van der Waals surface area contributed by atoms with Gasteiger partial charge >= 0.3 is 0 Å². The van der Waals surface area contributed by atoms with E-state index in [-0.39, 0.29) is 17.5 Å². The molecule has 7 nitrogen and oxygen atoms in total. The first-order valence-electron chi connectivity index (χ1n) is 6.13. The van der Waals surface area contributed by atoms with E-state index in [0.29, 0.717) is 19.0 Å². The zero-order valence-corrected chi connectivity index (χ0v) is 13.2. The largest absolute Gasteiger partial charge is 0.382 e. The van der Waals surface area contributed by atoms with Crippen LogP contribution in [0.1, 0.15) is 6.42 Å². The molecule has 9 heteroatoms. The number of rotatable bonds is 10. The second kappa shape index (κ2) is 8.58. The summed E-state index contributed by atoms with van der Waals surface area (Å²) in [7, 11) is -0.558. The van der Waals surface area contributed by atoms with Crippen LogP contribution in [0.15, 0.2) is 17.3 Å². The highest BCUT2D eigenvalue weighted by Gasteiger charge is 2.18. The van der Waals surface area contributed by atoms with Gasteiger partial charge in [-0.25, -0.2) is 13.1 Å². The Kier molecular flexibility index (Phi) is 7.46. The van der Waals surface area contributed by atoms with E-state index in [1.54, 1.807) is 4.68 Å². The minimum absolute atomic E-state index is 0.124. The van der Waals surface area contributed by atoms with Crippen LogP contribution >= 0.6 is 11.6 Å². The molecule has 0 aliphatic rings. The van der Waals surface area contributed by atoms with Crippen LogP contribution in [0.4, 0.5) is 0 Å². The van der Waals surface area contributed by atoms with Gasteiger partial charge in [0.1, 0.15) is 4.90 Å². The van der Waals surface area contributed by atoms with E-state index < -0.39 is 10.0 Å². The number of aromatic nitrogens is 2. The number of sulfonamides is 1. The molecule has 0 saturated heterocycles. The summed E-state index contributed by atoms with van der Waals surface area (Å²) in [6.45, 7) is 1.04. The summed E-state index contributed by atoms with van der Waals surface area (Å²) in [6, 6.07) is 0. The molecule has 1 rings (SSSR count). The molecule has 1 atom stereocenters. The van der Waals surface area contributed by atoms with Crippen LogP contribution in [0.3, 0.4) is 0 Å². The van der Waals surface area contributed by atoms with Crippen LogP contribution in [0, 0.1) is 0 Å². The van der Waals surface area contributed by atoms with Crippen LogP contribution in [-0.2, 0) is 26.0 Å². The lowest BCUT2D eigenvalue weighted by atomic mass is 10.4. The molecular formula is C11H20ClN3O4S. The number of nitrogens with zero attached hydrogens (tertiary/aromatic N) is 2. The second-order valence-corrected chi connectivity index (χ2v) is 6.29. The highest BCUT2D eigenvalue weighted by atomic mass is 35.5. The van der Waals surface area contributed by atoms with Crippen molar-refractivity contribution in [1.29, 1.82) is 0 Å². The normalized spacial score (nSPS) is 13.6. The van der Waals surface area contributed by atoms with Gasteiger partial charge in [0.05, 0.1) is 18.9 Å². The van der Waals surface area contributed by atoms with Crippen LogP contribution < -0.4 is 4.72 Å². The summed E-state index contributed by atoms with van der Waals surface area (Å²) in [5.41, 5.74) is 0. The topological polar surface area (TPSA) is 82.5 Å². The van der Waals surface area contributed by atoms with Crippen molar-refractivity contribution in [3.8, 4) is 0 Å². The van der Waals surface area contributed by atoms with Crippen LogP contribution in [0.25, 0.3) is 0 Å². The maximum absolute atomic E-state index is 12.1. The van der Waals surface area contributed by atoms with Gasteiger partial charge in [0.2, 0.25) is 10.0 Å². The monoisotopic (exact) mass is 325 g/mol. The van der Waals surface area contributed by atoms with Gasteiger partial charge in [0, 0.05) is 39.4 Å². The SMILES string of the molecule is COCC(CNS(=O)(=O)c1cnn(CCCCl)c1)OC. The Morgan fingerprint density at radius 3 is 2.85 bits per heavy atom. The van der Waals surface area contributed by atoms with Gasteiger partial charge in [-0.05, 0) is 6.42 Å². The van der Waals surface area contributed by atoms with Crippen LogP contribution in [-0.4, -0.2) is 57.6 Å². The van der Waals surface area contributed by atoms with Gasteiger partial charge in [0.15, 0.2) is 0 Å². The summed E-state index contributed by atoms with van der Waals surface area (Å²) in [5, 5.41) is 3.99. The first-order chi connectivity index (χ1) is 9.53. The van der Waals surface area contributed by atoms with Crippen molar-refractivity contribution in [2.75, 3.05) is 33.3 Å². The summed E-state index contributed by atoms with van der Waals surface area (Å²) >= 11 is 5.58. The van der Waals surface area contributed by atoms with Crippen molar-refractivity contribution in [3.63, 3.8) is 0 Å². The average molecular weight is 326 g/mol. The molecule has 0 bridgehead atoms. The number of alkyl halides is 1. The molecule has 1 heterocycles. The number of hydrogen-bond donors (Lipinski definition) is 1. The standard InChI is InChI=1S/C11H20ClN3O4S/c1-18-9-10(19-2)6-14-20(16,17)11-7-13-15(8-11)5-3-4-12/h7-8,10,14H,3-6,9H2,1-2H3. The van der Waals surface area contributed by atoms with E-state index >= 15 is 0 Å². The predicted octanol–water partition coefficient (Wildman–Crippen LogP) is 0.452. The molecule has 0 spiro atoms. The van der Waals surface area contributed by atoms with Crippen LogP contribution in [0.5, 0.6) is 0 Å². The molecule has 0 aliphatic carbocycles. The van der Waals surface area contributed by atoms with E-state index in [4.69, 9.17) is 21.1 Å². The fraction of sp³-hybridized carbons (Fsp3) is 0.727. The van der Waals surface area contributed by atoms with E-state index in [0.717, 1.165) is 6.42 Å². The lowest BCUT2D eigenvalue weighted by Crippen LogP contribution is -2.35. The van der Waals surface area contributed by atoms with Gasteiger partial charge in [-0.15, -0.1) is 11.6 Å². The molecule has 0 aromatic carbocycles. The number of hydrogen-bond acceptors (Lipinski definition) is 5. The number of nitrogens with one attached hydrogen (secondary N) is 1. The number of aryl methyl sites for hydroxylation is 1. The van der Waals surface area contributed by atoms with Crippen molar-refractivity contribution in [3.05, 3.63) is 12.4 Å². The van der Waals surface area contributed by atoms with Gasteiger partial charge in [-0.1, -0.05) is 0 Å². The van der Waals surface area contributed by atoms with E-state index in [1.807, 2.05) is 0 Å². The summed E-state index contributed by atoms with van der Waals surface area (Å²) in [4.78, 5) is 0.124. The molecule has 0 fully saturated rings. The summed E-state index contributed by atoms with van der Waals surface area (Å²) < 4.78 is 38.2. The van der Waals surface area contributed by atoms with Crippen molar-refractivity contribution in [2.24, 2.45) is 0 Å². The van der Waals surface area contributed by atoms with E-state index in [9.17, 15) is 8.42 Å². The fourth-order valence-corrected chi connectivity index (χ4v) is 2.65. The molecule has 0 saturated carbocycles. The minimum Gasteiger partial charge on any atom is -0.382 e. The lowest BCUT2D eigenvalue weighted by Gasteiger charge is -2.14. The molecule has 1 aromatic rings. The quantitative estimate of drug-likeness (QED) is 0.632. The van der Waals surface area contributed by atoms with Gasteiger partial charge in [-0.3, -0.25) is 4.68 Å². The summed E-state index contributed by atoms with van der Waals surface area (Å²) in [5.74, 6) is 0.507. The van der Waals surface area contributed by atoms with Crippen LogP contribution in [0.2, 0.25) is 0 Å². The number of halogens is 1. The Labute approximate surface area is 124 Å².